The summed E-state index contributed by atoms with van der Waals surface area (Å²) in [5.74, 6) is -0.0666. The van der Waals surface area contributed by atoms with E-state index in [4.69, 9.17) is 4.98 Å². The third-order valence-corrected chi connectivity index (χ3v) is 7.31. The molecule has 1 amide bonds. The molecule has 0 saturated carbocycles. The van der Waals surface area contributed by atoms with Crippen LogP contribution in [0, 0.1) is 11.7 Å². The lowest BCUT2D eigenvalue weighted by atomic mass is 10.1. The van der Waals surface area contributed by atoms with Gasteiger partial charge < -0.3 is 20.5 Å². The van der Waals surface area contributed by atoms with Gasteiger partial charge >= 0.3 is 0 Å². The Morgan fingerprint density at radius 1 is 0.955 bits per heavy atom. The Morgan fingerprint density at radius 2 is 1.80 bits per heavy atom. The summed E-state index contributed by atoms with van der Waals surface area (Å²) >= 11 is 0. The molecule has 2 aromatic carbocycles. The van der Waals surface area contributed by atoms with Gasteiger partial charge in [-0.15, -0.1) is 0 Å². The minimum absolute atomic E-state index is 0.0135. The zero-order valence-electron chi connectivity index (χ0n) is 25.2. The largest absolute Gasteiger partial charge is 0.384 e. The number of carbonyl (C=O) groups excluding carboxylic acids is 1. The lowest BCUT2D eigenvalue weighted by Gasteiger charge is -2.12. The van der Waals surface area contributed by atoms with Gasteiger partial charge in [0.15, 0.2) is 0 Å². The number of anilines is 2. The number of benzene rings is 2. The molecule has 224 valence electrons. The number of hydrogen-bond acceptors (Lipinski definition) is 6. The average Bonchev–Trinajstić information content (AvgIpc) is 3.60. The zero-order valence-corrected chi connectivity index (χ0v) is 25.2. The third-order valence-electron chi connectivity index (χ3n) is 7.31. The molecule has 0 saturated heterocycles. The highest BCUT2D eigenvalue weighted by Gasteiger charge is 2.17. The second-order valence-electron chi connectivity index (χ2n) is 11.7. The van der Waals surface area contributed by atoms with Crippen molar-refractivity contribution in [3.63, 3.8) is 0 Å². The molecule has 6 aromatic rings. The van der Waals surface area contributed by atoms with Gasteiger partial charge in [-0.2, -0.15) is 5.10 Å². The third kappa shape index (κ3) is 6.30. The fourth-order valence-electron chi connectivity index (χ4n) is 5.25. The monoisotopic (exact) mass is 590 g/mol. The summed E-state index contributed by atoms with van der Waals surface area (Å²) in [6.45, 7) is 5.56. The van der Waals surface area contributed by atoms with Gasteiger partial charge in [-0.25, -0.2) is 9.37 Å². The molecule has 0 aliphatic carbocycles. The van der Waals surface area contributed by atoms with Gasteiger partial charge in [0.1, 0.15) is 17.0 Å². The number of carbonyl (C=O) groups is 1. The molecule has 0 spiro atoms. The quantitative estimate of drug-likeness (QED) is 0.138. The van der Waals surface area contributed by atoms with E-state index in [9.17, 15) is 9.18 Å². The number of hydrogen-bond donors (Lipinski definition) is 4. The molecular formula is C34H35FN8O. The molecule has 6 rings (SSSR count). The first-order chi connectivity index (χ1) is 21.2. The van der Waals surface area contributed by atoms with Crippen molar-refractivity contribution in [3.05, 3.63) is 78.7 Å². The molecule has 0 aliphatic heterocycles. The van der Waals surface area contributed by atoms with Gasteiger partial charge in [-0.05, 0) is 74.6 Å². The smallest absolute Gasteiger partial charge is 0.224 e. The molecule has 0 atom stereocenters. The van der Waals surface area contributed by atoms with E-state index in [0.29, 0.717) is 41.1 Å². The SMILES string of the molecule is CC(C)CC(=O)Nc1cccc(-c2ccc3[nH]nc(-c4cc5c(-c6cc(F)cc(NCCN(C)C)c6)nccc5[nH]4)c3n2)c1. The Labute approximate surface area is 254 Å². The molecule has 0 fully saturated rings. The summed E-state index contributed by atoms with van der Waals surface area (Å²) in [6, 6.07) is 20.4. The molecule has 4 heterocycles. The van der Waals surface area contributed by atoms with Crippen molar-refractivity contribution in [2.45, 2.75) is 20.3 Å². The average molecular weight is 591 g/mol. The first kappa shape index (κ1) is 29.0. The summed E-state index contributed by atoms with van der Waals surface area (Å²) in [7, 11) is 4.00. The van der Waals surface area contributed by atoms with E-state index in [2.05, 4.69) is 35.7 Å². The summed E-state index contributed by atoms with van der Waals surface area (Å²) in [4.78, 5) is 27.4. The maximum absolute atomic E-state index is 14.7. The van der Waals surface area contributed by atoms with Gasteiger partial charge in [-0.3, -0.25) is 14.9 Å². The van der Waals surface area contributed by atoms with Crippen LogP contribution in [0.4, 0.5) is 15.8 Å². The number of fused-ring (bicyclic) bond motifs is 2. The van der Waals surface area contributed by atoms with Crippen LogP contribution in [-0.4, -0.2) is 63.1 Å². The van der Waals surface area contributed by atoms with Crippen molar-refractivity contribution in [2.75, 3.05) is 37.8 Å². The van der Waals surface area contributed by atoms with E-state index in [1.54, 1.807) is 6.20 Å². The highest BCUT2D eigenvalue weighted by molar-refractivity contribution is 5.99. The van der Waals surface area contributed by atoms with E-state index in [-0.39, 0.29) is 17.6 Å². The van der Waals surface area contributed by atoms with E-state index >= 15 is 0 Å². The lowest BCUT2D eigenvalue weighted by molar-refractivity contribution is -0.116. The summed E-state index contributed by atoms with van der Waals surface area (Å²) in [6.07, 6.45) is 2.18. The first-order valence-corrected chi connectivity index (χ1v) is 14.7. The van der Waals surface area contributed by atoms with Gasteiger partial charge in [0.2, 0.25) is 5.91 Å². The zero-order chi connectivity index (χ0) is 30.8. The number of nitrogens with one attached hydrogen (secondary N) is 4. The van der Waals surface area contributed by atoms with Crippen LogP contribution < -0.4 is 10.6 Å². The van der Waals surface area contributed by atoms with Crippen LogP contribution in [0.5, 0.6) is 0 Å². The normalized spacial score (nSPS) is 11.6. The fraction of sp³-hybridized carbons (Fsp3) is 0.235. The van der Waals surface area contributed by atoms with Gasteiger partial charge in [0.25, 0.3) is 0 Å². The topological polar surface area (TPSA) is 115 Å². The van der Waals surface area contributed by atoms with Gasteiger partial charge in [0.05, 0.1) is 22.6 Å². The van der Waals surface area contributed by atoms with Crippen molar-refractivity contribution < 1.29 is 9.18 Å². The molecule has 0 radical (unpaired) electrons. The molecule has 4 N–H and O–H groups in total. The van der Waals surface area contributed by atoms with E-state index < -0.39 is 0 Å². The predicted octanol–water partition coefficient (Wildman–Crippen LogP) is 6.93. The highest BCUT2D eigenvalue weighted by atomic mass is 19.1. The molecule has 0 unspecified atom stereocenters. The number of pyridine rings is 2. The Morgan fingerprint density at radius 3 is 2.61 bits per heavy atom. The van der Waals surface area contributed by atoms with Crippen LogP contribution in [0.3, 0.4) is 0 Å². The number of aromatic amines is 2. The van der Waals surface area contributed by atoms with Crippen LogP contribution in [0.15, 0.2) is 72.9 Å². The number of amides is 1. The second-order valence-corrected chi connectivity index (χ2v) is 11.7. The molecule has 10 heteroatoms. The molecule has 9 nitrogen and oxygen atoms in total. The molecule has 4 aromatic heterocycles. The number of aromatic nitrogens is 5. The van der Waals surface area contributed by atoms with E-state index in [0.717, 1.165) is 45.6 Å². The number of likely N-dealkylation sites (N-methyl/N-ethyl adjacent to an activating group) is 1. The number of rotatable bonds is 10. The summed E-state index contributed by atoms with van der Waals surface area (Å²) in [5, 5.41) is 14.8. The maximum atomic E-state index is 14.7. The Kier molecular flexibility index (Phi) is 8.08. The van der Waals surface area contributed by atoms with Crippen molar-refractivity contribution in [1.29, 1.82) is 0 Å². The first-order valence-electron chi connectivity index (χ1n) is 14.7. The number of H-pyrrole nitrogens is 2. The highest BCUT2D eigenvalue weighted by Crippen LogP contribution is 2.34. The Balaban J connectivity index is 1.33. The van der Waals surface area contributed by atoms with Crippen LogP contribution in [0.2, 0.25) is 0 Å². The lowest BCUT2D eigenvalue weighted by Crippen LogP contribution is -2.20. The van der Waals surface area contributed by atoms with Crippen LogP contribution in [0.1, 0.15) is 20.3 Å². The maximum Gasteiger partial charge on any atom is 0.224 e. The minimum atomic E-state index is -0.331. The molecular weight excluding hydrogens is 555 g/mol. The molecule has 0 aliphatic rings. The summed E-state index contributed by atoms with van der Waals surface area (Å²) < 4.78 is 14.7. The van der Waals surface area contributed by atoms with Crippen LogP contribution >= 0.6 is 0 Å². The Bertz CT molecular complexity index is 1960. The standard InChI is InChI=1S/C34H35FN8O/c1-20(2)14-31(44)38-24-7-5-6-21(16-24)27-8-9-29-33(40-27)34(42-41-29)30-19-26-28(39-30)10-11-37-32(26)22-15-23(35)18-25(17-22)36-12-13-43(3)4/h5-11,15-20,36,39H,12-14H2,1-4H3,(H,38,44)(H,41,42). The van der Waals surface area contributed by atoms with Crippen molar-refractivity contribution in [2.24, 2.45) is 5.92 Å². The van der Waals surface area contributed by atoms with Gasteiger partial charge in [0, 0.05) is 59.1 Å². The molecule has 44 heavy (non-hydrogen) atoms. The van der Waals surface area contributed by atoms with Crippen molar-refractivity contribution in [1.82, 2.24) is 30.0 Å². The number of halogens is 1. The van der Waals surface area contributed by atoms with Crippen LogP contribution in [0.25, 0.3) is 55.8 Å². The van der Waals surface area contributed by atoms with Crippen molar-refractivity contribution in [3.8, 4) is 33.9 Å². The number of nitrogens with zero attached hydrogens (tertiary/aromatic N) is 4. The summed E-state index contributed by atoms with van der Waals surface area (Å²) in [5.41, 5.74) is 8.20. The van der Waals surface area contributed by atoms with Crippen molar-refractivity contribution >= 4 is 39.2 Å². The van der Waals surface area contributed by atoms with E-state index in [1.165, 1.54) is 12.1 Å². The minimum Gasteiger partial charge on any atom is -0.384 e. The predicted molar refractivity (Wildman–Crippen MR) is 175 cm³/mol. The van der Waals surface area contributed by atoms with E-state index in [1.807, 2.05) is 82.5 Å². The van der Waals surface area contributed by atoms with Gasteiger partial charge in [-0.1, -0.05) is 26.0 Å². The molecule has 0 bridgehead atoms. The fourth-order valence-corrected chi connectivity index (χ4v) is 5.25. The second kappa shape index (κ2) is 12.3. The Hall–Kier alpha value is -5.09. The van der Waals surface area contributed by atoms with Crippen LogP contribution in [-0.2, 0) is 4.79 Å².